The van der Waals surface area contributed by atoms with Crippen molar-refractivity contribution in [2.75, 3.05) is 0 Å². The van der Waals surface area contributed by atoms with E-state index >= 15 is 0 Å². The topological polar surface area (TPSA) is 86.6 Å². The van der Waals surface area contributed by atoms with Gasteiger partial charge in [-0.2, -0.15) is 0 Å². The van der Waals surface area contributed by atoms with E-state index in [-0.39, 0.29) is 18.1 Å². The Morgan fingerprint density at radius 2 is 1.45 bits per heavy atom. The summed E-state index contributed by atoms with van der Waals surface area (Å²) in [6.07, 6.45) is 0.421. The molecular formula is C31H25F2NO4. The Bertz CT molecular complexity index is 1470. The second-order valence-corrected chi connectivity index (χ2v) is 9.47. The van der Waals surface area contributed by atoms with Gasteiger partial charge in [0, 0.05) is 5.56 Å². The molecule has 5 nitrogen and oxygen atoms in total. The molecule has 1 fully saturated rings. The van der Waals surface area contributed by atoms with E-state index in [4.69, 9.17) is 0 Å². The van der Waals surface area contributed by atoms with Gasteiger partial charge in [0.25, 0.3) is 0 Å². The van der Waals surface area contributed by atoms with Crippen molar-refractivity contribution >= 4 is 12.2 Å². The Morgan fingerprint density at radius 1 is 0.868 bits per heavy atom. The number of aldehydes is 1. The van der Waals surface area contributed by atoms with Crippen molar-refractivity contribution in [2.45, 2.75) is 24.5 Å². The summed E-state index contributed by atoms with van der Waals surface area (Å²) >= 11 is 0. The van der Waals surface area contributed by atoms with Gasteiger partial charge in [-0.25, -0.2) is 8.78 Å². The molecule has 3 atom stereocenters. The smallest absolute Gasteiger partial charge is 0.227 e. The molecule has 1 heterocycles. The molecule has 1 amide bonds. The molecule has 192 valence electrons. The van der Waals surface area contributed by atoms with Gasteiger partial charge in [-0.05, 0) is 83.1 Å². The van der Waals surface area contributed by atoms with Crippen molar-refractivity contribution in [3.63, 3.8) is 0 Å². The molecule has 3 N–H and O–H groups in total. The van der Waals surface area contributed by atoms with Crippen LogP contribution < -0.4 is 5.32 Å². The number of hydrogen-bond donors (Lipinski definition) is 3. The molecule has 1 aliphatic heterocycles. The van der Waals surface area contributed by atoms with Crippen LogP contribution in [-0.2, 0) is 10.3 Å². The van der Waals surface area contributed by atoms with E-state index in [1.165, 1.54) is 48.5 Å². The highest BCUT2D eigenvalue weighted by Crippen LogP contribution is 2.47. The molecule has 0 bridgehead atoms. The van der Waals surface area contributed by atoms with E-state index in [9.17, 15) is 28.6 Å². The van der Waals surface area contributed by atoms with Gasteiger partial charge in [0.05, 0.1) is 12.0 Å². The molecule has 4 aromatic carbocycles. The predicted molar refractivity (Wildman–Crippen MR) is 138 cm³/mol. The molecule has 0 unspecified atom stereocenters. The Morgan fingerprint density at radius 3 is 2.03 bits per heavy atom. The van der Waals surface area contributed by atoms with Crippen molar-refractivity contribution in [1.82, 2.24) is 5.32 Å². The number of phenolic OH excluding ortho intramolecular Hbond substituents is 1. The van der Waals surface area contributed by atoms with Crippen LogP contribution in [0.1, 0.15) is 46.0 Å². The summed E-state index contributed by atoms with van der Waals surface area (Å²) in [5.74, 6) is -1.52. The summed E-state index contributed by atoms with van der Waals surface area (Å²) < 4.78 is 27.1. The van der Waals surface area contributed by atoms with Gasteiger partial charge in [-0.1, -0.05) is 48.5 Å². The van der Waals surface area contributed by atoms with Gasteiger partial charge < -0.3 is 15.5 Å². The lowest BCUT2D eigenvalue weighted by atomic mass is 9.64. The normalized spacial score (nSPS) is 19.3. The first kappa shape index (κ1) is 25.3. The quantitative estimate of drug-likeness (QED) is 0.210. The number of phenols is 1. The average Bonchev–Trinajstić information content (AvgIpc) is 2.92. The molecule has 38 heavy (non-hydrogen) atoms. The Hall–Kier alpha value is -4.36. The molecule has 0 spiro atoms. The molecular weight excluding hydrogens is 488 g/mol. The second-order valence-electron chi connectivity index (χ2n) is 9.47. The number of carbonyl (C=O) groups excluding carboxylic acids is 2. The van der Waals surface area contributed by atoms with E-state index in [1.807, 2.05) is 12.1 Å². The number of amides is 1. The summed E-state index contributed by atoms with van der Waals surface area (Å²) in [7, 11) is 0. The zero-order chi connectivity index (χ0) is 26.9. The summed E-state index contributed by atoms with van der Waals surface area (Å²) in [5.41, 5.74) is 2.74. The minimum absolute atomic E-state index is 0.0310. The lowest BCUT2D eigenvalue weighted by Gasteiger charge is -2.50. The van der Waals surface area contributed by atoms with Crippen LogP contribution in [0.2, 0.25) is 0 Å². The molecule has 0 radical (unpaired) electrons. The van der Waals surface area contributed by atoms with Crippen molar-refractivity contribution < 1.29 is 28.6 Å². The van der Waals surface area contributed by atoms with Crippen molar-refractivity contribution in [3.05, 3.63) is 125 Å². The van der Waals surface area contributed by atoms with Crippen LogP contribution in [0, 0.1) is 17.6 Å². The van der Waals surface area contributed by atoms with E-state index < -0.39 is 29.2 Å². The number of hydrogen-bond acceptors (Lipinski definition) is 4. The van der Waals surface area contributed by atoms with E-state index in [0.29, 0.717) is 34.2 Å². The fraction of sp³-hybridized carbons (Fsp3) is 0.161. The second kappa shape index (κ2) is 10.2. The van der Waals surface area contributed by atoms with Crippen LogP contribution in [0.3, 0.4) is 0 Å². The number of β-lactam (4-membered cyclic amide) rings is 1. The maximum absolute atomic E-state index is 13.8. The zero-order valence-electron chi connectivity index (χ0n) is 20.3. The van der Waals surface area contributed by atoms with Crippen LogP contribution in [0.25, 0.3) is 11.1 Å². The van der Waals surface area contributed by atoms with Gasteiger partial charge in [-0.3, -0.25) is 9.59 Å². The average molecular weight is 514 g/mol. The molecule has 0 saturated carbocycles. The third-order valence-corrected chi connectivity index (χ3v) is 7.26. The highest BCUT2D eigenvalue weighted by molar-refractivity contribution is 5.91. The Kier molecular flexibility index (Phi) is 6.78. The molecule has 1 aliphatic rings. The highest BCUT2D eigenvalue weighted by atomic mass is 19.1. The number of aliphatic hydroxyl groups is 1. The minimum atomic E-state index is -0.960. The van der Waals surface area contributed by atoms with Crippen LogP contribution >= 0.6 is 0 Å². The number of nitrogens with one attached hydrogen (secondary N) is 1. The Balaban J connectivity index is 1.49. The molecule has 0 aromatic heterocycles. The first-order chi connectivity index (χ1) is 18.3. The maximum Gasteiger partial charge on any atom is 0.227 e. The number of rotatable bonds is 8. The van der Waals surface area contributed by atoms with Crippen LogP contribution in [0.4, 0.5) is 8.78 Å². The van der Waals surface area contributed by atoms with Gasteiger partial charge >= 0.3 is 0 Å². The first-order valence-electron chi connectivity index (χ1n) is 12.2. The SMILES string of the molecule is O=Cc1ccc(O)cc1-c1ccc([C@@]2(c3ccc(F)cc3)NC(=O)[C@@H]2CC[C@H](O)c2ccc(F)cc2)cc1. The molecule has 7 heteroatoms. The zero-order valence-corrected chi connectivity index (χ0v) is 20.3. The standard InChI is InChI=1S/C31H25F2NO4/c32-24-10-3-20(4-11-24)29(37)16-15-28-30(38)34-31(28,23-8-12-25(33)13-9-23)22-6-1-19(2-7-22)27-17-26(36)14-5-21(27)18-35/h1-14,17-18,28-29,36-37H,15-16H2,(H,34,38)/t28-,29-,31-/m0/s1. The third kappa shape index (κ3) is 4.57. The fourth-order valence-electron chi connectivity index (χ4n) is 5.25. The number of carbonyl (C=O) groups is 2. The van der Waals surface area contributed by atoms with Crippen molar-refractivity contribution in [3.8, 4) is 16.9 Å². The molecule has 4 aromatic rings. The van der Waals surface area contributed by atoms with Gasteiger partial charge in [0.15, 0.2) is 6.29 Å². The molecule has 0 aliphatic carbocycles. The number of halogens is 2. The van der Waals surface area contributed by atoms with Crippen LogP contribution in [0.15, 0.2) is 91.0 Å². The van der Waals surface area contributed by atoms with E-state index in [0.717, 1.165) is 11.8 Å². The number of benzene rings is 4. The fourth-order valence-corrected chi connectivity index (χ4v) is 5.25. The van der Waals surface area contributed by atoms with Crippen LogP contribution in [0.5, 0.6) is 5.75 Å². The summed E-state index contributed by atoms with van der Waals surface area (Å²) in [6, 6.07) is 23.3. The summed E-state index contributed by atoms with van der Waals surface area (Å²) in [6.45, 7) is 0. The predicted octanol–water partition coefficient (Wildman–Crippen LogP) is 5.65. The summed E-state index contributed by atoms with van der Waals surface area (Å²) in [4.78, 5) is 24.4. The van der Waals surface area contributed by atoms with Gasteiger partial charge in [-0.15, -0.1) is 0 Å². The number of aromatic hydroxyl groups is 1. The monoisotopic (exact) mass is 513 g/mol. The molecule has 1 saturated heterocycles. The summed E-state index contributed by atoms with van der Waals surface area (Å²) in [5, 5.41) is 23.7. The van der Waals surface area contributed by atoms with Gasteiger partial charge in [0.1, 0.15) is 22.9 Å². The van der Waals surface area contributed by atoms with E-state index in [1.54, 1.807) is 30.3 Å². The first-order valence-corrected chi connectivity index (χ1v) is 12.2. The molecule has 5 rings (SSSR count). The van der Waals surface area contributed by atoms with Crippen molar-refractivity contribution in [2.24, 2.45) is 5.92 Å². The lowest BCUT2D eigenvalue weighted by molar-refractivity contribution is -0.140. The van der Waals surface area contributed by atoms with Crippen molar-refractivity contribution in [1.29, 1.82) is 0 Å². The van der Waals surface area contributed by atoms with Gasteiger partial charge in [0.2, 0.25) is 5.91 Å². The minimum Gasteiger partial charge on any atom is -0.508 e. The lowest BCUT2D eigenvalue weighted by Crippen LogP contribution is -2.67. The van der Waals surface area contributed by atoms with E-state index in [2.05, 4.69) is 5.32 Å². The van der Waals surface area contributed by atoms with Crippen LogP contribution in [-0.4, -0.2) is 22.4 Å². The number of aliphatic hydroxyl groups excluding tert-OH is 1. The maximum atomic E-state index is 13.8. The largest absolute Gasteiger partial charge is 0.508 e. The highest BCUT2D eigenvalue weighted by Gasteiger charge is 2.55. The third-order valence-electron chi connectivity index (χ3n) is 7.26. The Labute approximate surface area is 218 Å².